The Balaban J connectivity index is 0.00000364. The molecular weight excluding hydrogens is 702 g/mol. The van der Waals surface area contributed by atoms with Gasteiger partial charge in [-0.25, -0.2) is 0 Å². The fourth-order valence-corrected chi connectivity index (χ4v) is 6.26. The third-order valence-corrected chi connectivity index (χ3v) is 5.99. The molecule has 0 bridgehead atoms. The topological polar surface area (TPSA) is 98.7 Å². The van der Waals surface area contributed by atoms with Gasteiger partial charge in [0.15, 0.2) is 6.10 Å². The Morgan fingerprint density at radius 2 is 1.78 bits per heavy atom. The average Bonchev–Trinajstić information content (AvgIpc) is 2.60. The fourth-order valence-electron chi connectivity index (χ4n) is 2.14. The first kappa shape index (κ1) is 25.4. The first-order valence-electron chi connectivity index (χ1n) is 7.35. The van der Waals surface area contributed by atoms with E-state index in [2.05, 4.69) is 5.32 Å². The number of carboxylic acids is 1. The van der Waals surface area contributed by atoms with E-state index in [1.165, 1.54) is 0 Å². The number of carbonyl (C=O) groups is 2. The first-order valence-corrected chi connectivity index (χ1v) is 10.6. The van der Waals surface area contributed by atoms with Crippen LogP contribution in [0.5, 0.6) is 5.75 Å². The number of amides is 1. The number of benzene rings is 2. The number of ether oxygens (including phenoxy) is 1. The molecule has 138 valence electrons. The quantitative estimate of drug-likeness (QED) is 0.287. The van der Waals surface area contributed by atoms with Gasteiger partial charge < -0.3 is 25.1 Å². The van der Waals surface area contributed by atoms with Gasteiger partial charge in [0.2, 0.25) is 0 Å². The van der Waals surface area contributed by atoms with Gasteiger partial charge in [-0.05, 0) is 79.4 Å². The van der Waals surface area contributed by atoms with Crippen molar-refractivity contribution < 1.29 is 54.1 Å². The molecule has 2 N–H and O–H groups in total. The minimum absolute atomic E-state index is 0. The third kappa shape index (κ3) is 6.67. The molecule has 2 rings (SSSR count). The van der Waals surface area contributed by atoms with Crippen LogP contribution in [0.1, 0.15) is 22.0 Å². The van der Waals surface area contributed by atoms with Crippen molar-refractivity contribution in [1.29, 1.82) is 0 Å². The molecule has 2 aromatic rings. The summed E-state index contributed by atoms with van der Waals surface area (Å²) in [6.45, 7) is -0.0494. The smallest absolute Gasteiger partial charge is 0.546 e. The van der Waals surface area contributed by atoms with Crippen molar-refractivity contribution in [1.82, 2.24) is 5.32 Å². The molecule has 0 aliphatic heterocycles. The molecule has 2 aromatic carbocycles. The molecule has 6 nitrogen and oxygen atoms in total. The molecule has 1 unspecified atom stereocenters. The van der Waals surface area contributed by atoms with Crippen molar-refractivity contribution in [3.63, 3.8) is 0 Å². The number of carboxylic acid groups (broad SMARTS) is 1. The van der Waals surface area contributed by atoms with Gasteiger partial charge in [0.25, 0.3) is 5.91 Å². The monoisotopic (exact) mass is 715 g/mol. The summed E-state index contributed by atoms with van der Waals surface area (Å²) >= 11 is 6.04. The standard InChI is InChI=1S/C17H14I3NO5.Na/c18-10-8-11(19)15(13(20)12(10)16(23)21-6-7-22)26-14(17(24)25)9-4-2-1-3-5-9;/h1-5,8,14,22H,6-7H2,(H,21,23)(H,24,25);/q;+1/p-1. The van der Waals surface area contributed by atoms with Crippen LogP contribution in [0.2, 0.25) is 0 Å². The number of hydrogen-bond acceptors (Lipinski definition) is 5. The van der Waals surface area contributed by atoms with E-state index in [1.54, 1.807) is 36.4 Å². The van der Waals surface area contributed by atoms with E-state index in [0.717, 1.165) is 0 Å². The number of aliphatic carboxylic acids is 1. The summed E-state index contributed by atoms with van der Waals surface area (Å²) in [6.07, 6.45) is -1.30. The normalized spacial score (nSPS) is 11.3. The first-order chi connectivity index (χ1) is 12.4. The van der Waals surface area contributed by atoms with Crippen LogP contribution >= 0.6 is 67.8 Å². The molecule has 1 amide bonds. The van der Waals surface area contributed by atoms with Gasteiger partial charge in [-0.1, -0.05) is 30.3 Å². The molecule has 10 heteroatoms. The van der Waals surface area contributed by atoms with Gasteiger partial charge in [0.1, 0.15) is 5.75 Å². The van der Waals surface area contributed by atoms with Crippen molar-refractivity contribution >= 4 is 79.6 Å². The van der Waals surface area contributed by atoms with E-state index in [4.69, 9.17) is 9.84 Å². The second kappa shape index (κ2) is 12.1. The Morgan fingerprint density at radius 3 is 2.33 bits per heavy atom. The summed E-state index contributed by atoms with van der Waals surface area (Å²) < 4.78 is 7.64. The summed E-state index contributed by atoms with van der Waals surface area (Å²) in [5.74, 6) is -1.43. The van der Waals surface area contributed by atoms with Gasteiger partial charge in [-0.2, -0.15) is 0 Å². The number of carbonyl (C=O) groups excluding carboxylic acids is 2. The molecule has 27 heavy (non-hydrogen) atoms. The number of aliphatic hydroxyl groups excluding tert-OH is 1. The van der Waals surface area contributed by atoms with Gasteiger partial charge in [-0.3, -0.25) is 4.79 Å². The maximum Gasteiger partial charge on any atom is 1.00 e. The van der Waals surface area contributed by atoms with Crippen LogP contribution in [-0.4, -0.2) is 30.1 Å². The predicted octanol–water partition coefficient (Wildman–Crippen LogP) is -0.903. The Bertz CT molecular complexity index is 820. The molecule has 0 saturated carbocycles. The van der Waals surface area contributed by atoms with E-state index in [0.29, 0.717) is 27.6 Å². The van der Waals surface area contributed by atoms with Gasteiger partial charge in [-0.15, -0.1) is 0 Å². The largest absolute Gasteiger partial charge is 1.00 e. The molecule has 0 heterocycles. The predicted molar refractivity (Wildman–Crippen MR) is 119 cm³/mol. The van der Waals surface area contributed by atoms with E-state index in [1.807, 2.05) is 67.8 Å². The summed E-state index contributed by atoms with van der Waals surface area (Å²) in [5.41, 5.74) is 0.823. The molecule has 0 aliphatic rings. The van der Waals surface area contributed by atoms with E-state index < -0.39 is 12.1 Å². The average molecular weight is 715 g/mol. The maximum atomic E-state index is 12.4. The van der Waals surface area contributed by atoms with Crippen LogP contribution in [0.3, 0.4) is 0 Å². The van der Waals surface area contributed by atoms with E-state index in [9.17, 15) is 14.7 Å². The minimum Gasteiger partial charge on any atom is -0.546 e. The summed E-state index contributed by atoms with van der Waals surface area (Å²) in [6, 6.07) is 10.2. The van der Waals surface area contributed by atoms with Gasteiger partial charge in [0, 0.05) is 10.1 Å². The molecule has 0 saturated heterocycles. The summed E-state index contributed by atoms with van der Waals surface area (Å²) in [4.78, 5) is 24.0. The Kier molecular flexibility index (Phi) is 11.4. The Morgan fingerprint density at radius 1 is 1.15 bits per heavy atom. The van der Waals surface area contributed by atoms with Gasteiger partial charge >= 0.3 is 29.6 Å². The second-order valence-corrected chi connectivity index (χ2v) is 8.47. The van der Waals surface area contributed by atoms with Gasteiger partial charge in [0.05, 0.1) is 25.3 Å². The van der Waals surface area contributed by atoms with Crippen molar-refractivity contribution in [2.24, 2.45) is 0 Å². The summed E-state index contributed by atoms with van der Waals surface area (Å²) in [5, 5.41) is 23.1. The van der Waals surface area contributed by atoms with E-state index in [-0.39, 0.29) is 48.6 Å². The number of aliphatic hydroxyl groups is 1. The zero-order valence-electron chi connectivity index (χ0n) is 14.2. The molecule has 1 atom stereocenters. The SMILES string of the molecule is O=C(NCCO)c1c(I)cc(I)c(OC(C(=O)[O-])c2ccccc2)c1I.[Na+]. The van der Waals surface area contributed by atoms with Crippen molar-refractivity contribution in [3.8, 4) is 5.75 Å². The van der Waals surface area contributed by atoms with Crippen molar-refractivity contribution in [3.05, 3.63) is 58.2 Å². The minimum atomic E-state index is -1.37. The van der Waals surface area contributed by atoms with Crippen LogP contribution < -0.4 is 44.7 Å². The summed E-state index contributed by atoms with van der Waals surface area (Å²) in [7, 11) is 0. The zero-order chi connectivity index (χ0) is 19.3. The maximum absolute atomic E-state index is 12.4. The molecular formula is C17H13I3NNaO5. The number of rotatable bonds is 7. The van der Waals surface area contributed by atoms with Crippen LogP contribution in [0.4, 0.5) is 0 Å². The van der Waals surface area contributed by atoms with Crippen LogP contribution in [-0.2, 0) is 4.79 Å². The van der Waals surface area contributed by atoms with Crippen LogP contribution in [0.15, 0.2) is 36.4 Å². The molecule has 0 radical (unpaired) electrons. The van der Waals surface area contributed by atoms with Crippen molar-refractivity contribution in [2.75, 3.05) is 13.2 Å². The number of nitrogens with one attached hydrogen (secondary N) is 1. The Labute approximate surface area is 219 Å². The van der Waals surface area contributed by atoms with Crippen LogP contribution in [0, 0.1) is 10.7 Å². The second-order valence-electron chi connectivity index (χ2n) is 5.07. The van der Waals surface area contributed by atoms with Crippen molar-refractivity contribution in [2.45, 2.75) is 6.10 Å². The van der Waals surface area contributed by atoms with Crippen LogP contribution in [0.25, 0.3) is 0 Å². The zero-order valence-corrected chi connectivity index (χ0v) is 22.6. The van der Waals surface area contributed by atoms with E-state index >= 15 is 0 Å². The molecule has 0 aliphatic carbocycles. The molecule has 0 aromatic heterocycles. The molecule has 0 spiro atoms. The number of hydrogen-bond donors (Lipinski definition) is 2. The number of halogens is 3. The fraction of sp³-hybridized carbons (Fsp3) is 0.176. The Hall–Kier alpha value is 0.330. The molecule has 0 fully saturated rings. The third-order valence-electron chi connectivity index (χ3n) is 3.30.